The minimum Gasteiger partial charge on any atom is -0.381 e. The Kier molecular flexibility index (Phi) is 2.44. The van der Waals surface area contributed by atoms with E-state index in [4.69, 9.17) is 5.73 Å². The first-order chi connectivity index (χ1) is 8.79. The third-order valence-electron chi connectivity index (χ3n) is 4.02. The van der Waals surface area contributed by atoms with Gasteiger partial charge in [0.25, 0.3) is 0 Å². The highest BCUT2D eigenvalue weighted by molar-refractivity contribution is 5.59. The third kappa shape index (κ3) is 2.10. The van der Waals surface area contributed by atoms with Gasteiger partial charge in [0.05, 0.1) is 17.0 Å². The molecule has 0 amide bonds. The van der Waals surface area contributed by atoms with Crippen LogP contribution in [-0.4, -0.2) is 16.6 Å². The predicted molar refractivity (Wildman–Crippen MR) is 64.8 cm³/mol. The minimum atomic E-state index is -4.36. The Hall–Kier alpha value is -1.56. The first-order valence-corrected chi connectivity index (χ1v) is 6.07. The van der Waals surface area contributed by atoms with Crippen LogP contribution in [0, 0.1) is 5.92 Å². The monoisotopic (exact) mass is 269 g/mol. The molecule has 2 aliphatic rings. The fourth-order valence-electron chi connectivity index (χ4n) is 2.71. The number of aromatic nitrogens is 1. The van der Waals surface area contributed by atoms with Gasteiger partial charge in [0.1, 0.15) is 0 Å². The summed E-state index contributed by atoms with van der Waals surface area (Å²) in [6.07, 6.45) is -1.63. The topological polar surface area (TPSA) is 50.9 Å². The first kappa shape index (κ1) is 12.5. The smallest absolute Gasteiger partial charge is 0.381 e. The van der Waals surface area contributed by atoms with Crippen LogP contribution in [0.25, 0.3) is 5.70 Å². The van der Waals surface area contributed by atoms with Gasteiger partial charge in [-0.15, -0.1) is 0 Å². The Balaban J connectivity index is 1.64. The Labute approximate surface area is 108 Å². The number of rotatable bonds is 3. The average molecular weight is 269 g/mol. The molecule has 0 saturated heterocycles. The van der Waals surface area contributed by atoms with Crippen LogP contribution in [0.2, 0.25) is 0 Å². The van der Waals surface area contributed by atoms with Gasteiger partial charge in [0.15, 0.2) is 0 Å². The summed E-state index contributed by atoms with van der Waals surface area (Å²) in [7, 11) is 0. The average Bonchev–Trinajstić information content (AvgIpc) is 2.89. The van der Waals surface area contributed by atoms with Crippen LogP contribution in [0.3, 0.4) is 0 Å². The van der Waals surface area contributed by atoms with Crippen molar-refractivity contribution < 1.29 is 13.2 Å². The predicted octanol–water partition coefficient (Wildman–Crippen LogP) is 2.15. The molecule has 1 aromatic heterocycles. The highest BCUT2D eigenvalue weighted by Gasteiger charge is 2.64. The van der Waals surface area contributed by atoms with Crippen molar-refractivity contribution in [1.82, 2.24) is 10.3 Å². The summed E-state index contributed by atoms with van der Waals surface area (Å²) in [5.41, 5.74) is 6.19. The number of alkyl halides is 3. The van der Waals surface area contributed by atoms with E-state index in [1.165, 1.54) is 6.07 Å². The van der Waals surface area contributed by atoms with Gasteiger partial charge < -0.3 is 11.1 Å². The molecule has 2 aliphatic carbocycles. The highest BCUT2D eigenvalue weighted by Crippen LogP contribution is 2.57. The van der Waals surface area contributed by atoms with E-state index in [0.717, 1.165) is 25.1 Å². The van der Waals surface area contributed by atoms with E-state index in [0.29, 0.717) is 17.3 Å². The van der Waals surface area contributed by atoms with E-state index in [-0.39, 0.29) is 11.6 Å². The second-order valence-electron chi connectivity index (χ2n) is 5.41. The third-order valence-corrected chi connectivity index (χ3v) is 4.02. The molecule has 3 atom stereocenters. The van der Waals surface area contributed by atoms with Gasteiger partial charge in [0, 0.05) is 17.8 Å². The van der Waals surface area contributed by atoms with Crippen LogP contribution in [0.1, 0.15) is 24.1 Å². The molecule has 0 radical (unpaired) electrons. The highest BCUT2D eigenvalue weighted by atomic mass is 19.4. The van der Waals surface area contributed by atoms with Crippen LogP contribution in [0.5, 0.6) is 0 Å². The van der Waals surface area contributed by atoms with E-state index in [9.17, 15) is 13.2 Å². The summed E-state index contributed by atoms with van der Waals surface area (Å²) < 4.78 is 37.2. The zero-order chi connectivity index (χ0) is 13.8. The van der Waals surface area contributed by atoms with Gasteiger partial charge in [-0.3, -0.25) is 4.98 Å². The van der Waals surface area contributed by atoms with E-state index >= 15 is 0 Å². The summed E-state index contributed by atoms with van der Waals surface area (Å²) in [6, 6.07) is 2.63. The van der Waals surface area contributed by atoms with Gasteiger partial charge in [0.2, 0.25) is 0 Å². The number of fused-ring (bicyclic) bond motifs is 1. The standard InChI is InChI=1S/C13H14F3N3/c1-7(19-11-5-12(17)4-9(11)12)10-3-2-8(6-18-10)13(14,15)16/h2-3,6,9,11,19H,1,4-5,17H2. The van der Waals surface area contributed by atoms with E-state index in [2.05, 4.69) is 16.9 Å². The van der Waals surface area contributed by atoms with Crippen LogP contribution in [0.4, 0.5) is 13.2 Å². The molecule has 2 saturated carbocycles. The van der Waals surface area contributed by atoms with Crippen LogP contribution < -0.4 is 11.1 Å². The molecule has 2 fully saturated rings. The van der Waals surface area contributed by atoms with Gasteiger partial charge >= 0.3 is 6.18 Å². The number of hydrogen-bond donors (Lipinski definition) is 2. The number of hydrogen-bond acceptors (Lipinski definition) is 3. The lowest BCUT2D eigenvalue weighted by atomic mass is 9.87. The summed E-state index contributed by atoms with van der Waals surface area (Å²) in [5.74, 6) is 0.471. The molecule has 3 unspecified atom stereocenters. The summed E-state index contributed by atoms with van der Waals surface area (Å²) in [4.78, 5) is 3.80. The van der Waals surface area contributed by atoms with Gasteiger partial charge in [-0.1, -0.05) is 6.58 Å². The van der Waals surface area contributed by atoms with Crippen molar-refractivity contribution in [3.63, 3.8) is 0 Å². The van der Waals surface area contributed by atoms with Crippen molar-refractivity contribution in [3.8, 4) is 0 Å². The Bertz CT molecular complexity index is 523. The number of nitrogens with zero attached hydrogens (tertiary/aromatic N) is 1. The van der Waals surface area contributed by atoms with Gasteiger partial charge in [-0.05, 0) is 30.9 Å². The zero-order valence-corrected chi connectivity index (χ0v) is 10.2. The summed E-state index contributed by atoms with van der Waals surface area (Å²) in [5, 5.41) is 3.19. The lowest BCUT2D eigenvalue weighted by molar-refractivity contribution is -0.137. The van der Waals surface area contributed by atoms with E-state index in [1.54, 1.807) is 0 Å². The fraction of sp³-hybridized carbons (Fsp3) is 0.462. The molecule has 0 bridgehead atoms. The van der Waals surface area contributed by atoms with Crippen molar-refractivity contribution in [2.24, 2.45) is 11.7 Å². The van der Waals surface area contributed by atoms with Crippen molar-refractivity contribution in [2.45, 2.75) is 30.6 Å². The summed E-state index contributed by atoms with van der Waals surface area (Å²) in [6.45, 7) is 3.82. The number of nitrogens with two attached hydrogens (primary N) is 1. The van der Waals surface area contributed by atoms with Crippen LogP contribution in [0.15, 0.2) is 24.9 Å². The minimum absolute atomic E-state index is 0.00547. The number of pyridine rings is 1. The maximum absolute atomic E-state index is 12.4. The molecule has 6 heteroatoms. The molecule has 3 rings (SSSR count). The Morgan fingerprint density at radius 3 is 2.58 bits per heavy atom. The number of halogens is 3. The van der Waals surface area contributed by atoms with Crippen LogP contribution >= 0.6 is 0 Å². The molecule has 0 spiro atoms. The fourth-order valence-corrected chi connectivity index (χ4v) is 2.71. The Morgan fingerprint density at radius 2 is 2.16 bits per heavy atom. The number of nitrogens with one attached hydrogen (secondary N) is 1. The molecule has 3 N–H and O–H groups in total. The molecule has 19 heavy (non-hydrogen) atoms. The molecule has 102 valence electrons. The molecule has 1 aromatic rings. The van der Waals surface area contributed by atoms with Gasteiger partial charge in [-0.2, -0.15) is 13.2 Å². The van der Waals surface area contributed by atoms with Crippen LogP contribution in [-0.2, 0) is 6.18 Å². The second kappa shape index (κ2) is 3.72. The maximum atomic E-state index is 12.4. The molecule has 3 nitrogen and oxygen atoms in total. The first-order valence-electron chi connectivity index (χ1n) is 6.07. The SMILES string of the molecule is C=C(NC1CC2(N)CC12)c1ccc(C(F)(F)F)cn1. The zero-order valence-electron chi connectivity index (χ0n) is 10.2. The summed E-state index contributed by atoms with van der Waals surface area (Å²) >= 11 is 0. The molecule has 0 aromatic carbocycles. The lowest BCUT2D eigenvalue weighted by Gasteiger charge is -2.33. The van der Waals surface area contributed by atoms with Crippen molar-refractivity contribution >= 4 is 5.70 Å². The van der Waals surface area contributed by atoms with Crippen molar-refractivity contribution in [1.29, 1.82) is 0 Å². The molecular weight excluding hydrogens is 255 g/mol. The second-order valence-corrected chi connectivity index (χ2v) is 5.41. The quantitative estimate of drug-likeness (QED) is 0.884. The van der Waals surface area contributed by atoms with E-state index in [1.807, 2.05) is 0 Å². The van der Waals surface area contributed by atoms with Crippen molar-refractivity contribution in [3.05, 3.63) is 36.2 Å². The lowest BCUT2D eigenvalue weighted by Crippen LogP contribution is -2.49. The molecular formula is C13H14F3N3. The Morgan fingerprint density at radius 1 is 1.42 bits per heavy atom. The van der Waals surface area contributed by atoms with Gasteiger partial charge in [-0.25, -0.2) is 0 Å². The van der Waals surface area contributed by atoms with Crippen molar-refractivity contribution in [2.75, 3.05) is 0 Å². The van der Waals surface area contributed by atoms with E-state index < -0.39 is 11.7 Å². The normalized spacial score (nSPS) is 32.2. The molecule has 1 heterocycles. The maximum Gasteiger partial charge on any atom is 0.417 e. The largest absolute Gasteiger partial charge is 0.417 e. The molecule has 0 aliphatic heterocycles.